The first-order valence-corrected chi connectivity index (χ1v) is 8.39. The van der Waals surface area contributed by atoms with Crippen LogP contribution in [-0.2, 0) is 0 Å². The van der Waals surface area contributed by atoms with Crippen molar-refractivity contribution < 1.29 is 0 Å². The Morgan fingerprint density at radius 1 is 1.06 bits per heavy atom. The highest BCUT2D eigenvalue weighted by molar-refractivity contribution is 8.02. The van der Waals surface area contributed by atoms with Gasteiger partial charge in [0.1, 0.15) is 0 Å². The Kier molecular flexibility index (Phi) is 3.69. The summed E-state index contributed by atoms with van der Waals surface area (Å²) in [6.07, 6.45) is 11.4. The lowest BCUT2D eigenvalue weighted by atomic mass is 9.81. The van der Waals surface area contributed by atoms with E-state index in [-0.39, 0.29) is 0 Å². The van der Waals surface area contributed by atoms with E-state index in [0.29, 0.717) is 0 Å². The van der Waals surface area contributed by atoms with Crippen LogP contribution in [0.25, 0.3) is 0 Å². The Labute approximate surface area is 110 Å². The second-order valence-corrected chi connectivity index (χ2v) is 7.35. The first kappa shape index (κ1) is 12.0. The van der Waals surface area contributed by atoms with Crippen LogP contribution in [0.2, 0.25) is 0 Å². The molecule has 0 radical (unpaired) electrons. The van der Waals surface area contributed by atoms with Gasteiger partial charge in [-0.25, -0.2) is 0 Å². The molecule has 1 heterocycles. The maximum absolute atomic E-state index is 3.88. The fraction of sp³-hybridized carbons (Fsp3) is 0.867. The molecule has 2 aliphatic carbocycles. The summed E-state index contributed by atoms with van der Waals surface area (Å²) in [4.78, 5) is 0. The molecule has 96 valence electrons. The highest BCUT2D eigenvalue weighted by Crippen LogP contribution is 2.39. The van der Waals surface area contributed by atoms with Crippen molar-refractivity contribution in [1.29, 1.82) is 0 Å². The van der Waals surface area contributed by atoms with Gasteiger partial charge in [-0.15, -0.1) is 11.8 Å². The maximum Gasteiger partial charge on any atom is 0.0380 e. The lowest BCUT2D eigenvalue weighted by molar-refractivity contribution is 0.297. The molecule has 0 aromatic rings. The zero-order valence-corrected chi connectivity index (χ0v) is 11.8. The van der Waals surface area contributed by atoms with Crippen LogP contribution in [-0.4, -0.2) is 11.3 Å². The number of thioether (sulfide) groups is 1. The van der Waals surface area contributed by atoms with Crippen molar-refractivity contribution in [3.05, 3.63) is 11.1 Å². The molecule has 1 N–H and O–H groups in total. The summed E-state index contributed by atoms with van der Waals surface area (Å²) < 4.78 is 0. The predicted molar refractivity (Wildman–Crippen MR) is 76.0 cm³/mol. The summed E-state index contributed by atoms with van der Waals surface area (Å²) >= 11 is 2.13. The number of fused-ring (bicyclic) bond motifs is 1. The standard InChI is InChI=1S/C15H25NS/c1-11-6-8-12(9-7-11)14-10-17-15-5-3-2-4-13(15)16-14/h10-13,15-16H,2-9H2,1H3/t11?,12?,13-,15-/m0/s1. The summed E-state index contributed by atoms with van der Waals surface area (Å²) in [5, 5.41) is 7.22. The number of allylic oxidation sites excluding steroid dienone is 1. The Morgan fingerprint density at radius 3 is 2.65 bits per heavy atom. The van der Waals surface area contributed by atoms with Gasteiger partial charge in [-0.05, 0) is 42.9 Å². The third-order valence-electron chi connectivity index (χ3n) is 4.88. The van der Waals surface area contributed by atoms with E-state index in [0.717, 1.165) is 23.1 Å². The minimum Gasteiger partial charge on any atom is -0.384 e. The van der Waals surface area contributed by atoms with Gasteiger partial charge in [0.05, 0.1) is 0 Å². The van der Waals surface area contributed by atoms with Gasteiger partial charge in [-0.1, -0.05) is 32.6 Å². The molecule has 0 spiro atoms. The van der Waals surface area contributed by atoms with E-state index in [1.54, 1.807) is 5.70 Å². The molecule has 0 saturated heterocycles. The average Bonchev–Trinajstić information content (AvgIpc) is 2.39. The highest BCUT2D eigenvalue weighted by Gasteiger charge is 2.31. The van der Waals surface area contributed by atoms with Gasteiger partial charge in [0.25, 0.3) is 0 Å². The molecule has 2 saturated carbocycles. The predicted octanol–water partition coefficient (Wildman–Crippen LogP) is 4.30. The topological polar surface area (TPSA) is 12.0 Å². The van der Waals surface area contributed by atoms with Crippen molar-refractivity contribution >= 4 is 11.8 Å². The molecule has 0 unspecified atom stereocenters. The van der Waals surface area contributed by atoms with Crippen LogP contribution in [0.15, 0.2) is 11.1 Å². The van der Waals surface area contributed by atoms with Crippen LogP contribution < -0.4 is 5.32 Å². The van der Waals surface area contributed by atoms with Gasteiger partial charge in [0.15, 0.2) is 0 Å². The van der Waals surface area contributed by atoms with Crippen LogP contribution in [0, 0.1) is 11.8 Å². The molecule has 2 fully saturated rings. The molecular weight excluding hydrogens is 226 g/mol. The highest BCUT2D eigenvalue weighted by atomic mass is 32.2. The summed E-state index contributed by atoms with van der Waals surface area (Å²) in [6, 6.07) is 0.785. The molecule has 0 bridgehead atoms. The quantitative estimate of drug-likeness (QED) is 0.745. The van der Waals surface area contributed by atoms with Gasteiger partial charge in [0.2, 0.25) is 0 Å². The molecule has 0 aromatic heterocycles. The van der Waals surface area contributed by atoms with E-state index in [2.05, 4.69) is 29.4 Å². The van der Waals surface area contributed by atoms with Crippen LogP contribution in [0.5, 0.6) is 0 Å². The van der Waals surface area contributed by atoms with Crippen molar-refractivity contribution in [2.45, 2.75) is 69.6 Å². The number of hydrogen-bond acceptors (Lipinski definition) is 2. The second-order valence-electron chi connectivity index (χ2n) is 6.24. The van der Waals surface area contributed by atoms with E-state index in [1.165, 1.54) is 51.4 Å². The largest absolute Gasteiger partial charge is 0.384 e. The summed E-state index contributed by atoms with van der Waals surface area (Å²) in [5.74, 6) is 1.81. The molecule has 2 heteroatoms. The number of nitrogens with one attached hydrogen (secondary N) is 1. The monoisotopic (exact) mass is 251 g/mol. The fourth-order valence-electron chi connectivity index (χ4n) is 3.62. The van der Waals surface area contributed by atoms with Gasteiger partial charge in [-0.2, -0.15) is 0 Å². The van der Waals surface area contributed by atoms with Crippen LogP contribution >= 0.6 is 11.8 Å². The molecule has 2 atom stereocenters. The van der Waals surface area contributed by atoms with E-state index in [9.17, 15) is 0 Å². The van der Waals surface area contributed by atoms with E-state index in [4.69, 9.17) is 0 Å². The van der Waals surface area contributed by atoms with Gasteiger partial charge in [-0.3, -0.25) is 0 Å². The fourth-order valence-corrected chi connectivity index (χ4v) is 4.90. The van der Waals surface area contributed by atoms with E-state index >= 15 is 0 Å². The molecule has 0 amide bonds. The summed E-state index contributed by atoms with van der Waals surface area (Å²) in [5.41, 5.74) is 1.59. The van der Waals surface area contributed by atoms with Crippen molar-refractivity contribution in [2.24, 2.45) is 11.8 Å². The Morgan fingerprint density at radius 2 is 1.82 bits per heavy atom. The van der Waals surface area contributed by atoms with E-state index < -0.39 is 0 Å². The Bertz CT molecular complexity index is 291. The lowest BCUT2D eigenvalue weighted by Crippen LogP contribution is -2.43. The van der Waals surface area contributed by atoms with Crippen LogP contribution in [0.3, 0.4) is 0 Å². The zero-order chi connectivity index (χ0) is 11.7. The molecule has 0 aromatic carbocycles. The molecule has 1 nitrogen and oxygen atoms in total. The van der Waals surface area contributed by atoms with Gasteiger partial charge in [0, 0.05) is 17.0 Å². The smallest absolute Gasteiger partial charge is 0.0380 e. The normalized spacial score (nSPS) is 42.3. The minimum absolute atomic E-state index is 0.785. The third kappa shape index (κ3) is 2.67. The SMILES string of the molecule is CC1CCC(C2=CS[C@H]3CCCC[C@@H]3N2)CC1. The molecular formula is C15H25NS. The number of hydrogen-bond donors (Lipinski definition) is 1. The Hall–Kier alpha value is -0.110. The van der Waals surface area contributed by atoms with Crippen LogP contribution in [0.1, 0.15) is 58.3 Å². The summed E-state index contributed by atoms with van der Waals surface area (Å²) in [6.45, 7) is 2.41. The van der Waals surface area contributed by atoms with Gasteiger partial charge >= 0.3 is 0 Å². The molecule has 17 heavy (non-hydrogen) atoms. The molecule has 3 rings (SSSR count). The summed E-state index contributed by atoms with van der Waals surface area (Å²) in [7, 11) is 0. The second kappa shape index (κ2) is 5.26. The van der Waals surface area contributed by atoms with Crippen molar-refractivity contribution in [2.75, 3.05) is 0 Å². The van der Waals surface area contributed by atoms with Crippen molar-refractivity contribution in [3.8, 4) is 0 Å². The van der Waals surface area contributed by atoms with Crippen molar-refractivity contribution in [1.82, 2.24) is 5.32 Å². The van der Waals surface area contributed by atoms with E-state index in [1.807, 2.05) is 0 Å². The zero-order valence-electron chi connectivity index (χ0n) is 11.0. The molecule has 1 aliphatic heterocycles. The first-order chi connectivity index (χ1) is 8.33. The Balaban J connectivity index is 1.62. The van der Waals surface area contributed by atoms with Crippen molar-refractivity contribution in [3.63, 3.8) is 0 Å². The molecule has 3 aliphatic rings. The van der Waals surface area contributed by atoms with Gasteiger partial charge < -0.3 is 5.32 Å². The number of rotatable bonds is 1. The maximum atomic E-state index is 3.88. The third-order valence-corrected chi connectivity index (χ3v) is 6.18. The lowest BCUT2D eigenvalue weighted by Gasteiger charge is -2.39. The first-order valence-electron chi connectivity index (χ1n) is 7.45. The van der Waals surface area contributed by atoms with Crippen LogP contribution in [0.4, 0.5) is 0 Å². The average molecular weight is 251 g/mol. The minimum atomic E-state index is 0.785.